The highest BCUT2D eigenvalue weighted by Gasteiger charge is 2.07. The fourth-order valence-electron chi connectivity index (χ4n) is 1.52. The van der Waals surface area contributed by atoms with Gasteiger partial charge in [0.15, 0.2) is 0 Å². The van der Waals surface area contributed by atoms with Crippen LogP contribution in [-0.2, 0) is 19.1 Å². The van der Waals surface area contributed by atoms with E-state index in [1.165, 1.54) is 0 Å². The molecule has 0 saturated carbocycles. The molecule has 0 heterocycles. The van der Waals surface area contributed by atoms with Gasteiger partial charge in [0.05, 0.1) is 12.7 Å². The zero-order valence-electron chi connectivity index (χ0n) is 13.8. The first-order valence-electron chi connectivity index (χ1n) is 7.48. The summed E-state index contributed by atoms with van der Waals surface area (Å²) < 4.78 is 9.72. The minimum atomic E-state index is -0.615. The van der Waals surface area contributed by atoms with Crippen LogP contribution in [0.3, 0.4) is 0 Å². The largest absolute Gasteiger partial charge is 0.462 e. The van der Waals surface area contributed by atoms with Gasteiger partial charge < -0.3 is 19.7 Å². The van der Waals surface area contributed by atoms with E-state index < -0.39 is 11.9 Å². The van der Waals surface area contributed by atoms with Gasteiger partial charge >= 0.3 is 18.0 Å². The minimum Gasteiger partial charge on any atom is -0.462 e. The third-order valence-electron chi connectivity index (χ3n) is 2.60. The van der Waals surface area contributed by atoms with Crippen LogP contribution in [0.15, 0.2) is 12.2 Å². The molecule has 0 aromatic heterocycles. The Hall–Kier alpha value is -2.05. The zero-order valence-corrected chi connectivity index (χ0v) is 13.8. The molecule has 0 saturated heterocycles. The van der Waals surface area contributed by atoms with E-state index in [9.17, 15) is 14.4 Å². The molecular weight excluding hydrogens is 288 g/mol. The molecule has 0 rings (SSSR count). The predicted molar refractivity (Wildman–Crippen MR) is 82.3 cm³/mol. The average molecular weight is 314 g/mol. The van der Waals surface area contributed by atoms with E-state index in [2.05, 4.69) is 5.32 Å². The molecular formula is C15H26N2O5. The van der Waals surface area contributed by atoms with Crippen molar-refractivity contribution in [3.63, 3.8) is 0 Å². The number of hydrogen-bond acceptors (Lipinski definition) is 5. The van der Waals surface area contributed by atoms with Crippen molar-refractivity contribution < 1.29 is 23.9 Å². The summed E-state index contributed by atoms with van der Waals surface area (Å²) in [6, 6.07) is -0.132. The van der Waals surface area contributed by atoms with Crippen LogP contribution in [0.5, 0.6) is 0 Å². The molecule has 7 nitrogen and oxygen atoms in total. The lowest BCUT2D eigenvalue weighted by Crippen LogP contribution is -2.40. The van der Waals surface area contributed by atoms with Crippen molar-refractivity contribution in [3.8, 4) is 0 Å². The lowest BCUT2D eigenvalue weighted by atomic mass is 10.4. The first-order valence-corrected chi connectivity index (χ1v) is 7.48. The molecule has 0 aromatic rings. The summed E-state index contributed by atoms with van der Waals surface area (Å²) in [5.74, 6) is -1.20. The van der Waals surface area contributed by atoms with Crippen molar-refractivity contribution in [2.24, 2.45) is 0 Å². The Bertz CT molecular complexity index is 389. The number of ether oxygens (including phenoxy) is 2. The summed E-state index contributed by atoms with van der Waals surface area (Å²) in [7, 11) is 0. The van der Waals surface area contributed by atoms with Gasteiger partial charge in [-0.05, 0) is 34.1 Å². The van der Waals surface area contributed by atoms with E-state index in [-0.39, 0.29) is 18.7 Å². The maximum absolute atomic E-state index is 11.6. The molecule has 0 bridgehead atoms. The van der Waals surface area contributed by atoms with Crippen molar-refractivity contribution in [1.82, 2.24) is 10.2 Å². The first kappa shape index (κ1) is 19.9. The smallest absolute Gasteiger partial charge is 0.331 e. The molecule has 0 atom stereocenters. The summed E-state index contributed by atoms with van der Waals surface area (Å²) in [5, 5.41) is 2.73. The average Bonchev–Trinajstić information content (AvgIpc) is 2.45. The highest BCUT2D eigenvalue weighted by molar-refractivity contribution is 5.91. The number of carbonyl (C=O) groups is 3. The van der Waals surface area contributed by atoms with Gasteiger partial charge in [-0.15, -0.1) is 0 Å². The Kier molecular flexibility index (Phi) is 10.5. The molecule has 7 heteroatoms. The van der Waals surface area contributed by atoms with Crippen LogP contribution in [0, 0.1) is 0 Å². The zero-order chi connectivity index (χ0) is 17.0. The number of rotatable bonds is 9. The Morgan fingerprint density at radius 1 is 1.09 bits per heavy atom. The molecule has 2 amide bonds. The molecule has 0 fully saturated rings. The van der Waals surface area contributed by atoms with E-state index >= 15 is 0 Å². The number of carbonyl (C=O) groups excluding carboxylic acids is 3. The van der Waals surface area contributed by atoms with Gasteiger partial charge in [-0.3, -0.25) is 0 Å². The summed E-state index contributed by atoms with van der Waals surface area (Å²) in [6.45, 7) is 9.13. The number of amides is 2. The van der Waals surface area contributed by atoms with E-state index in [0.717, 1.165) is 12.2 Å². The van der Waals surface area contributed by atoms with Crippen LogP contribution in [-0.4, -0.2) is 55.2 Å². The Morgan fingerprint density at radius 3 is 2.23 bits per heavy atom. The van der Waals surface area contributed by atoms with Crippen LogP contribution >= 0.6 is 0 Å². The van der Waals surface area contributed by atoms with Gasteiger partial charge in [-0.25, -0.2) is 14.4 Å². The Morgan fingerprint density at radius 2 is 1.68 bits per heavy atom. The second-order valence-corrected chi connectivity index (χ2v) is 4.74. The summed E-state index contributed by atoms with van der Waals surface area (Å²) in [5.41, 5.74) is 0. The van der Waals surface area contributed by atoms with Crippen molar-refractivity contribution >= 4 is 18.0 Å². The molecule has 0 aliphatic rings. The van der Waals surface area contributed by atoms with Gasteiger partial charge in [0.2, 0.25) is 0 Å². The normalized spacial score (nSPS) is 10.6. The van der Waals surface area contributed by atoms with Crippen LogP contribution in [0.4, 0.5) is 4.79 Å². The van der Waals surface area contributed by atoms with E-state index in [1.807, 2.05) is 13.8 Å². The standard InChI is InChI=1S/C15H26N2O5/c1-5-17(6-2)15(20)16-10-7-11-21-13(18)8-9-14(19)22-12(3)4/h8-9,12H,5-7,10-11H2,1-4H3,(H,16,20)/b9-8+. The van der Waals surface area contributed by atoms with E-state index in [4.69, 9.17) is 9.47 Å². The fourth-order valence-corrected chi connectivity index (χ4v) is 1.52. The van der Waals surface area contributed by atoms with Gasteiger partial charge in [0.1, 0.15) is 0 Å². The van der Waals surface area contributed by atoms with Crippen LogP contribution in [0.2, 0.25) is 0 Å². The quantitative estimate of drug-likeness (QED) is 0.396. The highest BCUT2D eigenvalue weighted by Crippen LogP contribution is 1.92. The van der Waals surface area contributed by atoms with E-state index in [0.29, 0.717) is 26.1 Å². The molecule has 0 aromatic carbocycles. The third kappa shape index (κ3) is 9.79. The highest BCUT2D eigenvalue weighted by atomic mass is 16.5. The lowest BCUT2D eigenvalue weighted by Gasteiger charge is -2.19. The molecule has 0 spiro atoms. The summed E-state index contributed by atoms with van der Waals surface area (Å²) in [4.78, 5) is 35.8. The predicted octanol–water partition coefficient (Wildman–Crippen LogP) is 1.48. The van der Waals surface area contributed by atoms with Gasteiger partial charge in [-0.2, -0.15) is 0 Å². The molecule has 0 unspecified atom stereocenters. The maximum Gasteiger partial charge on any atom is 0.331 e. The molecule has 22 heavy (non-hydrogen) atoms. The van der Waals surface area contributed by atoms with Crippen LogP contribution in [0.25, 0.3) is 0 Å². The Balaban J connectivity index is 3.79. The van der Waals surface area contributed by atoms with Gasteiger partial charge in [-0.1, -0.05) is 0 Å². The topological polar surface area (TPSA) is 84.9 Å². The number of urea groups is 1. The Labute approximate surface area is 131 Å². The summed E-state index contributed by atoms with van der Waals surface area (Å²) >= 11 is 0. The molecule has 0 aliphatic carbocycles. The SMILES string of the molecule is CCN(CC)C(=O)NCCCOC(=O)/C=C/C(=O)OC(C)C. The summed E-state index contributed by atoms with van der Waals surface area (Å²) in [6.07, 6.45) is 2.33. The number of nitrogens with one attached hydrogen (secondary N) is 1. The van der Waals surface area contributed by atoms with E-state index in [1.54, 1.807) is 18.7 Å². The third-order valence-corrected chi connectivity index (χ3v) is 2.60. The number of esters is 2. The second kappa shape index (κ2) is 11.6. The van der Waals surface area contributed by atoms with Gasteiger partial charge in [0, 0.05) is 31.8 Å². The maximum atomic E-state index is 11.6. The van der Waals surface area contributed by atoms with Crippen molar-refractivity contribution in [2.45, 2.75) is 40.2 Å². The monoisotopic (exact) mass is 314 g/mol. The number of hydrogen-bond donors (Lipinski definition) is 1. The molecule has 126 valence electrons. The van der Waals surface area contributed by atoms with Crippen molar-refractivity contribution in [1.29, 1.82) is 0 Å². The number of nitrogens with zero attached hydrogens (tertiary/aromatic N) is 1. The van der Waals surface area contributed by atoms with Crippen molar-refractivity contribution in [2.75, 3.05) is 26.2 Å². The molecule has 1 N–H and O–H groups in total. The van der Waals surface area contributed by atoms with Crippen LogP contribution in [0.1, 0.15) is 34.1 Å². The molecule has 0 aliphatic heterocycles. The fraction of sp³-hybridized carbons (Fsp3) is 0.667. The van der Waals surface area contributed by atoms with Gasteiger partial charge in [0.25, 0.3) is 0 Å². The minimum absolute atomic E-state index is 0.132. The lowest BCUT2D eigenvalue weighted by molar-refractivity contribution is -0.142. The second-order valence-electron chi connectivity index (χ2n) is 4.74. The molecule has 0 radical (unpaired) electrons. The van der Waals surface area contributed by atoms with Crippen molar-refractivity contribution in [3.05, 3.63) is 12.2 Å². The van der Waals surface area contributed by atoms with Crippen LogP contribution < -0.4 is 5.32 Å². The first-order chi connectivity index (χ1) is 10.4.